The van der Waals surface area contributed by atoms with Crippen molar-refractivity contribution in [1.82, 2.24) is 4.90 Å². The smallest absolute Gasteiger partial charge is 0.304 e. The van der Waals surface area contributed by atoms with Crippen molar-refractivity contribution < 1.29 is 18.0 Å². The fourth-order valence-corrected chi connectivity index (χ4v) is 1.81. The Balaban J connectivity index is 2.28. The molecule has 90 valence electrons. The van der Waals surface area contributed by atoms with Crippen molar-refractivity contribution in [3.63, 3.8) is 0 Å². The van der Waals surface area contributed by atoms with E-state index in [1.54, 1.807) is 36.4 Å². The van der Waals surface area contributed by atoms with Gasteiger partial charge in [-0.3, -0.25) is 4.79 Å². The molecule has 1 aromatic rings. The largest absolute Gasteiger partial charge is 0.471 e. The van der Waals surface area contributed by atoms with Gasteiger partial charge in [-0.2, -0.15) is 13.2 Å². The van der Waals surface area contributed by atoms with Crippen molar-refractivity contribution in [2.24, 2.45) is 0 Å². The van der Waals surface area contributed by atoms with E-state index < -0.39 is 12.1 Å². The van der Waals surface area contributed by atoms with Gasteiger partial charge >= 0.3 is 12.1 Å². The SMILES string of the molecule is O=C(N1CCC=C1c1ccccc1)C(F)(F)F. The van der Waals surface area contributed by atoms with Gasteiger partial charge in [0.15, 0.2) is 0 Å². The molecule has 0 bridgehead atoms. The van der Waals surface area contributed by atoms with Crippen LogP contribution in [0.25, 0.3) is 5.70 Å². The number of alkyl halides is 3. The third-order valence-corrected chi connectivity index (χ3v) is 2.54. The second kappa shape index (κ2) is 4.24. The number of hydrogen-bond acceptors (Lipinski definition) is 1. The molecular weight excluding hydrogens is 231 g/mol. The summed E-state index contributed by atoms with van der Waals surface area (Å²) in [4.78, 5) is 12.0. The summed E-state index contributed by atoms with van der Waals surface area (Å²) in [6.45, 7) is 0.0859. The lowest BCUT2D eigenvalue weighted by molar-refractivity contribution is -0.181. The maximum Gasteiger partial charge on any atom is 0.471 e. The average molecular weight is 241 g/mol. The predicted molar refractivity (Wildman–Crippen MR) is 56.8 cm³/mol. The molecule has 1 heterocycles. The summed E-state index contributed by atoms with van der Waals surface area (Å²) in [7, 11) is 0. The number of amides is 1. The molecule has 0 saturated carbocycles. The molecule has 1 amide bonds. The van der Waals surface area contributed by atoms with E-state index in [9.17, 15) is 18.0 Å². The maximum absolute atomic E-state index is 12.4. The molecule has 0 spiro atoms. The highest BCUT2D eigenvalue weighted by atomic mass is 19.4. The van der Waals surface area contributed by atoms with Gasteiger partial charge in [-0.05, 0) is 12.0 Å². The molecule has 0 N–H and O–H groups in total. The summed E-state index contributed by atoms with van der Waals surface area (Å²) in [5.74, 6) is -1.80. The standard InChI is InChI=1S/C12H10F3NO/c13-12(14,15)11(17)16-8-4-7-10(16)9-5-2-1-3-6-9/h1-3,5-7H,4,8H2. The number of hydrogen-bond donors (Lipinski definition) is 0. The fourth-order valence-electron chi connectivity index (χ4n) is 1.81. The Labute approximate surface area is 96.3 Å². The number of carbonyl (C=O) groups excluding carboxylic acids is 1. The van der Waals surface area contributed by atoms with E-state index in [1.165, 1.54) is 0 Å². The van der Waals surface area contributed by atoms with Crippen LogP contribution in [0.15, 0.2) is 36.4 Å². The van der Waals surface area contributed by atoms with Gasteiger partial charge in [0.25, 0.3) is 0 Å². The zero-order valence-corrected chi connectivity index (χ0v) is 8.87. The average Bonchev–Trinajstić information content (AvgIpc) is 2.76. The van der Waals surface area contributed by atoms with Gasteiger partial charge in [-0.15, -0.1) is 0 Å². The number of carbonyl (C=O) groups is 1. The molecule has 17 heavy (non-hydrogen) atoms. The maximum atomic E-state index is 12.4. The normalized spacial score (nSPS) is 15.9. The van der Waals surface area contributed by atoms with Crippen molar-refractivity contribution in [1.29, 1.82) is 0 Å². The Hall–Kier alpha value is -1.78. The lowest BCUT2D eigenvalue weighted by Crippen LogP contribution is -2.38. The zero-order valence-electron chi connectivity index (χ0n) is 8.87. The summed E-state index contributed by atoms with van der Waals surface area (Å²) < 4.78 is 37.1. The van der Waals surface area contributed by atoms with Gasteiger partial charge in [-0.1, -0.05) is 36.4 Å². The van der Waals surface area contributed by atoms with E-state index in [4.69, 9.17) is 0 Å². The molecule has 1 aliphatic rings. The van der Waals surface area contributed by atoms with E-state index in [0.29, 0.717) is 17.7 Å². The first-order valence-electron chi connectivity index (χ1n) is 5.14. The van der Waals surface area contributed by atoms with Crippen molar-refractivity contribution >= 4 is 11.6 Å². The van der Waals surface area contributed by atoms with Gasteiger partial charge in [-0.25, -0.2) is 0 Å². The molecule has 0 fully saturated rings. The minimum atomic E-state index is -4.82. The summed E-state index contributed by atoms with van der Waals surface area (Å²) in [6, 6.07) is 8.60. The van der Waals surface area contributed by atoms with E-state index in [-0.39, 0.29) is 6.54 Å². The fraction of sp³-hybridized carbons (Fsp3) is 0.250. The van der Waals surface area contributed by atoms with Gasteiger partial charge in [0, 0.05) is 12.2 Å². The lowest BCUT2D eigenvalue weighted by atomic mass is 10.1. The number of rotatable bonds is 1. The monoisotopic (exact) mass is 241 g/mol. The van der Waals surface area contributed by atoms with Gasteiger partial charge in [0.2, 0.25) is 0 Å². The molecule has 2 rings (SSSR count). The van der Waals surface area contributed by atoms with Crippen LogP contribution in [-0.4, -0.2) is 23.5 Å². The Morgan fingerprint density at radius 1 is 1.18 bits per heavy atom. The quantitative estimate of drug-likeness (QED) is 0.740. The zero-order chi connectivity index (χ0) is 12.5. The molecule has 0 aromatic heterocycles. The van der Waals surface area contributed by atoms with Gasteiger partial charge in [0.1, 0.15) is 0 Å². The van der Waals surface area contributed by atoms with E-state index in [2.05, 4.69) is 0 Å². The molecule has 0 unspecified atom stereocenters. The number of nitrogens with zero attached hydrogens (tertiary/aromatic N) is 1. The van der Waals surface area contributed by atoms with Crippen molar-refractivity contribution in [3.8, 4) is 0 Å². The van der Waals surface area contributed by atoms with Crippen LogP contribution in [0, 0.1) is 0 Å². The summed E-state index contributed by atoms with van der Waals surface area (Å²) >= 11 is 0. The van der Waals surface area contributed by atoms with Crippen LogP contribution in [-0.2, 0) is 4.79 Å². The molecule has 1 aromatic carbocycles. The van der Waals surface area contributed by atoms with Crippen LogP contribution in [0.5, 0.6) is 0 Å². The third-order valence-electron chi connectivity index (χ3n) is 2.54. The minimum Gasteiger partial charge on any atom is -0.304 e. The van der Waals surface area contributed by atoms with Crippen LogP contribution in [0.1, 0.15) is 12.0 Å². The minimum absolute atomic E-state index is 0.0859. The van der Waals surface area contributed by atoms with Gasteiger partial charge < -0.3 is 4.90 Å². The highest BCUT2D eigenvalue weighted by molar-refractivity contribution is 5.91. The van der Waals surface area contributed by atoms with Crippen LogP contribution in [0.4, 0.5) is 13.2 Å². The Morgan fingerprint density at radius 3 is 2.41 bits per heavy atom. The Bertz CT molecular complexity index is 451. The molecular formula is C12H10F3NO. The highest BCUT2D eigenvalue weighted by Crippen LogP contribution is 2.30. The number of halogens is 3. The molecule has 2 nitrogen and oxygen atoms in total. The summed E-state index contributed by atoms with van der Waals surface area (Å²) in [5, 5.41) is 0. The predicted octanol–water partition coefficient (Wildman–Crippen LogP) is 2.82. The molecule has 0 atom stereocenters. The first kappa shape index (κ1) is 11.7. The number of benzene rings is 1. The highest BCUT2D eigenvalue weighted by Gasteiger charge is 2.44. The second-order valence-electron chi connectivity index (χ2n) is 3.70. The van der Waals surface area contributed by atoms with Crippen LogP contribution < -0.4 is 0 Å². The molecule has 0 aliphatic carbocycles. The van der Waals surface area contributed by atoms with E-state index in [0.717, 1.165) is 4.90 Å². The molecule has 1 aliphatic heterocycles. The van der Waals surface area contributed by atoms with Crippen molar-refractivity contribution in [3.05, 3.63) is 42.0 Å². The van der Waals surface area contributed by atoms with Crippen molar-refractivity contribution in [2.45, 2.75) is 12.6 Å². The first-order valence-corrected chi connectivity index (χ1v) is 5.14. The third kappa shape index (κ3) is 2.33. The lowest BCUT2D eigenvalue weighted by Gasteiger charge is -2.21. The molecule has 0 radical (unpaired) electrons. The molecule has 5 heteroatoms. The van der Waals surface area contributed by atoms with Crippen LogP contribution in [0.2, 0.25) is 0 Å². The van der Waals surface area contributed by atoms with Crippen molar-refractivity contribution in [2.75, 3.05) is 6.54 Å². The van der Waals surface area contributed by atoms with E-state index >= 15 is 0 Å². The topological polar surface area (TPSA) is 20.3 Å². The summed E-state index contributed by atoms with van der Waals surface area (Å²) in [6.07, 6.45) is -2.72. The summed E-state index contributed by atoms with van der Waals surface area (Å²) in [5.41, 5.74) is 0.968. The molecule has 0 saturated heterocycles. The van der Waals surface area contributed by atoms with Crippen LogP contribution in [0.3, 0.4) is 0 Å². The Kier molecular flexibility index (Phi) is 2.92. The van der Waals surface area contributed by atoms with Gasteiger partial charge in [0.05, 0.1) is 0 Å². The first-order chi connectivity index (χ1) is 8.00. The van der Waals surface area contributed by atoms with Crippen LogP contribution >= 0.6 is 0 Å². The van der Waals surface area contributed by atoms with E-state index in [1.807, 2.05) is 0 Å². The second-order valence-corrected chi connectivity index (χ2v) is 3.70. The Morgan fingerprint density at radius 2 is 1.82 bits per heavy atom.